The van der Waals surface area contributed by atoms with Crippen molar-refractivity contribution < 1.29 is 13.2 Å². The lowest BCUT2D eigenvalue weighted by molar-refractivity contribution is 0.142. The summed E-state index contributed by atoms with van der Waals surface area (Å²) in [5, 5.41) is 0. The van der Waals surface area contributed by atoms with Crippen LogP contribution in [0.15, 0.2) is 16.6 Å². The van der Waals surface area contributed by atoms with Gasteiger partial charge in [-0.15, -0.1) is 0 Å². The quantitative estimate of drug-likeness (QED) is 0.841. The van der Waals surface area contributed by atoms with E-state index in [2.05, 4.69) is 25.9 Å². The van der Waals surface area contributed by atoms with E-state index < -0.39 is 18.1 Å². The number of hydrogen-bond acceptors (Lipinski definition) is 1. The molecule has 1 heterocycles. The third-order valence-corrected chi connectivity index (χ3v) is 2.36. The number of rotatable bonds is 1. The van der Waals surface area contributed by atoms with Crippen LogP contribution >= 0.6 is 15.9 Å². The zero-order chi connectivity index (χ0) is 10.3. The topological polar surface area (TPSA) is 28.7 Å². The van der Waals surface area contributed by atoms with E-state index in [1.807, 2.05) is 0 Å². The molecule has 0 aliphatic heterocycles. The number of aromatic nitrogens is 2. The molecule has 0 aliphatic rings. The van der Waals surface area contributed by atoms with Crippen molar-refractivity contribution in [3.63, 3.8) is 0 Å². The summed E-state index contributed by atoms with van der Waals surface area (Å²) >= 11 is 2.95. The molecule has 2 aromatic rings. The number of hydrogen-bond donors (Lipinski definition) is 1. The average molecular weight is 265 g/mol. The van der Waals surface area contributed by atoms with Gasteiger partial charge in [-0.1, -0.05) is 0 Å². The highest BCUT2D eigenvalue weighted by Crippen LogP contribution is 2.24. The van der Waals surface area contributed by atoms with Crippen molar-refractivity contribution in [2.24, 2.45) is 0 Å². The summed E-state index contributed by atoms with van der Waals surface area (Å²) in [7, 11) is 0. The molecule has 0 fully saturated rings. The molecule has 2 rings (SSSR count). The molecule has 2 nitrogen and oxygen atoms in total. The van der Waals surface area contributed by atoms with Crippen LogP contribution in [0.25, 0.3) is 11.0 Å². The van der Waals surface area contributed by atoms with E-state index in [1.54, 1.807) is 0 Å². The number of nitrogens with one attached hydrogen (secondary N) is 1. The Hall–Kier alpha value is -1.04. The second-order valence-corrected chi connectivity index (χ2v) is 3.56. The van der Waals surface area contributed by atoms with Crippen LogP contribution in [0.1, 0.15) is 12.2 Å². The first-order chi connectivity index (χ1) is 6.58. The molecule has 0 spiro atoms. The van der Waals surface area contributed by atoms with Gasteiger partial charge in [0.2, 0.25) is 0 Å². The van der Waals surface area contributed by atoms with Gasteiger partial charge in [-0.3, -0.25) is 0 Å². The summed E-state index contributed by atoms with van der Waals surface area (Å²) in [6.45, 7) is 0. The highest BCUT2D eigenvalue weighted by molar-refractivity contribution is 9.10. The van der Waals surface area contributed by atoms with E-state index in [1.165, 1.54) is 6.07 Å². The van der Waals surface area contributed by atoms with Crippen molar-refractivity contribution in [2.45, 2.75) is 6.43 Å². The van der Waals surface area contributed by atoms with Gasteiger partial charge in [0.05, 0.1) is 15.5 Å². The maximum Gasteiger partial charge on any atom is 0.295 e. The van der Waals surface area contributed by atoms with Crippen molar-refractivity contribution in [2.75, 3.05) is 0 Å². The molecular weight excluding hydrogens is 261 g/mol. The minimum atomic E-state index is -2.68. The third-order valence-electron chi connectivity index (χ3n) is 1.75. The van der Waals surface area contributed by atoms with Crippen LogP contribution < -0.4 is 0 Å². The van der Waals surface area contributed by atoms with Crippen molar-refractivity contribution in [3.05, 3.63) is 28.2 Å². The van der Waals surface area contributed by atoms with E-state index in [-0.39, 0.29) is 9.99 Å². The molecule has 0 aliphatic carbocycles. The number of imidazole rings is 1. The third kappa shape index (κ3) is 1.50. The van der Waals surface area contributed by atoms with Crippen molar-refractivity contribution in [1.82, 2.24) is 9.97 Å². The lowest BCUT2D eigenvalue weighted by Crippen LogP contribution is -1.84. The fraction of sp³-hybridized carbons (Fsp3) is 0.125. The predicted molar refractivity (Wildman–Crippen MR) is 48.7 cm³/mol. The Morgan fingerprint density at radius 2 is 2.07 bits per heavy atom. The van der Waals surface area contributed by atoms with E-state index in [4.69, 9.17) is 0 Å². The summed E-state index contributed by atoms with van der Waals surface area (Å²) in [5.74, 6) is -0.959. The van der Waals surface area contributed by atoms with Crippen LogP contribution in [0.3, 0.4) is 0 Å². The number of halogens is 4. The van der Waals surface area contributed by atoms with E-state index in [0.29, 0.717) is 5.52 Å². The summed E-state index contributed by atoms with van der Waals surface area (Å²) in [4.78, 5) is 5.95. The molecule has 1 aromatic heterocycles. The van der Waals surface area contributed by atoms with Gasteiger partial charge < -0.3 is 4.98 Å². The van der Waals surface area contributed by atoms with Crippen molar-refractivity contribution >= 4 is 27.0 Å². The predicted octanol–water partition coefficient (Wildman–Crippen LogP) is 3.40. The molecule has 14 heavy (non-hydrogen) atoms. The normalized spacial score (nSPS) is 11.5. The first-order valence-electron chi connectivity index (χ1n) is 3.70. The first kappa shape index (κ1) is 9.51. The molecule has 0 unspecified atom stereocenters. The lowest BCUT2D eigenvalue weighted by atomic mass is 10.3. The highest BCUT2D eigenvalue weighted by atomic mass is 79.9. The Morgan fingerprint density at radius 1 is 1.36 bits per heavy atom. The van der Waals surface area contributed by atoms with Crippen LogP contribution in [0.4, 0.5) is 13.2 Å². The first-order valence-corrected chi connectivity index (χ1v) is 4.50. The second kappa shape index (κ2) is 3.27. The SMILES string of the molecule is Fc1cc2[nH]c(C(F)F)nc2cc1Br. The van der Waals surface area contributed by atoms with Crippen LogP contribution in [-0.2, 0) is 0 Å². The van der Waals surface area contributed by atoms with E-state index in [9.17, 15) is 13.2 Å². The number of aromatic amines is 1. The number of fused-ring (bicyclic) bond motifs is 1. The van der Waals surface area contributed by atoms with Crippen molar-refractivity contribution in [3.8, 4) is 0 Å². The van der Waals surface area contributed by atoms with Crippen LogP contribution in [-0.4, -0.2) is 9.97 Å². The monoisotopic (exact) mass is 264 g/mol. The van der Waals surface area contributed by atoms with Crippen LogP contribution in [0.2, 0.25) is 0 Å². The molecule has 1 N–H and O–H groups in total. The highest BCUT2D eigenvalue weighted by Gasteiger charge is 2.13. The Morgan fingerprint density at radius 3 is 2.71 bits per heavy atom. The minimum absolute atomic E-state index is 0.206. The minimum Gasteiger partial charge on any atom is -0.337 e. The molecule has 0 atom stereocenters. The number of H-pyrrole nitrogens is 1. The van der Waals surface area contributed by atoms with Gasteiger partial charge >= 0.3 is 0 Å². The van der Waals surface area contributed by atoms with Gasteiger partial charge in [0, 0.05) is 6.07 Å². The van der Waals surface area contributed by atoms with Gasteiger partial charge in [-0.05, 0) is 22.0 Å². The Bertz CT molecular complexity index is 442. The number of alkyl halides is 2. The Balaban J connectivity index is 2.66. The molecule has 74 valence electrons. The molecule has 0 radical (unpaired) electrons. The molecule has 0 saturated carbocycles. The summed E-state index contributed by atoms with van der Waals surface area (Å²) in [6.07, 6.45) is -2.68. The smallest absolute Gasteiger partial charge is 0.295 e. The van der Waals surface area contributed by atoms with Gasteiger partial charge in [-0.25, -0.2) is 18.2 Å². The standard InChI is InChI=1S/C8H4BrF3N2/c9-3-1-5-6(2-4(3)10)14-8(13-5)7(11)12/h1-2,7H,(H,13,14). The van der Waals surface area contributed by atoms with Gasteiger partial charge in [0.15, 0.2) is 5.82 Å². The largest absolute Gasteiger partial charge is 0.337 e. The summed E-state index contributed by atoms with van der Waals surface area (Å²) in [6, 6.07) is 2.48. The van der Waals surface area contributed by atoms with Gasteiger partial charge in [-0.2, -0.15) is 0 Å². The fourth-order valence-corrected chi connectivity index (χ4v) is 1.46. The van der Waals surface area contributed by atoms with Gasteiger partial charge in [0.25, 0.3) is 6.43 Å². The summed E-state index contributed by atoms with van der Waals surface area (Å²) in [5.41, 5.74) is 0.578. The molecule has 1 aromatic carbocycles. The van der Waals surface area contributed by atoms with E-state index in [0.717, 1.165) is 6.07 Å². The number of nitrogens with zero attached hydrogens (tertiary/aromatic N) is 1. The molecular formula is C8H4BrF3N2. The molecule has 0 bridgehead atoms. The Kier molecular flexibility index (Phi) is 2.22. The van der Waals surface area contributed by atoms with E-state index >= 15 is 0 Å². The maximum atomic E-state index is 13.0. The lowest BCUT2D eigenvalue weighted by Gasteiger charge is -1.92. The summed E-state index contributed by atoms with van der Waals surface area (Å²) < 4.78 is 37.6. The van der Waals surface area contributed by atoms with Crippen molar-refractivity contribution in [1.29, 1.82) is 0 Å². The zero-order valence-corrected chi connectivity index (χ0v) is 8.28. The Labute approximate surface area is 85.3 Å². The fourth-order valence-electron chi connectivity index (χ4n) is 1.13. The zero-order valence-electron chi connectivity index (χ0n) is 6.69. The molecule has 6 heteroatoms. The number of benzene rings is 1. The van der Waals surface area contributed by atoms with Crippen LogP contribution in [0.5, 0.6) is 0 Å². The second-order valence-electron chi connectivity index (χ2n) is 2.71. The average Bonchev–Trinajstić information content (AvgIpc) is 2.48. The molecule has 0 amide bonds. The van der Waals surface area contributed by atoms with Crippen LogP contribution in [0, 0.1) is 5.82 Å². The maximum absolute atomic E-state index is 13.0. The van der Waals surface area contributed by atoms with Gasteiger partial charge in [0.1, 0.15) is 5.82 Å². The molecule has 0 saturated heterocycles.